The van der Waals surface area contributed by atoms with Gasteiger partial charge in [-0.05, 0) is 55.3 Å². The zero-order valence-corrected chi connectivity index (χ0v) is 16.0. The number of nitrogens with one attached hydrogen (secondary N) is 1. The van der Waals surface area contributed by atoms with E-state index in [9.17, 15) is 9.59 Å². The van der Waals surface area contributed by atoms with Gasteiger partial charge in [-0.25, -0.2) is 4.68 Å². The van der Waals surface area contributed by atoms with Crippen molar-refractivity contribution >= 4 is 11.6 Å². The van der Waals surface area contributed by atoms with E-state index in [1.807, 2.05) is 55.5 Å². The lowest BCUT2D eigenvalue weighted by molar-refractivity contribution is -0.116. The van der Waals surface area contributed by atoms with Gasteiger partial charge < -0.3 is 10.1 Å². The third-order valence-electron chi connectivity index (χ3n) is 4.45. The standard InChI is InChI=1S/C22H23N3O3/c1-16-6-3-4-7-19(16)23-21(26)8-5-15-25-22(27)14-13-20(24-25)17-9-11-18(28-2)12-10-17/h3-4,6-7,9-14H,5,8,15H2,1-2H3,(H,23,26). The second kappa shape index (κ2) is 8.99. The molecule has 0 aliphatic carbocycles. The van der Waals surface area contributed by atoms with Crippen molar-refractivity contribution in [2.45, 2.75) is 26.3 Å². The number of ether oxygens (including phenoxy) is 1. The smallest absolute Gasteiger partial charge is 0.266 e. The van der Waals surface area contributed by atoms with Crippen molar-refractivity contribution < 1.29 is 9.53 Å². The van der Waals surface area contributed by atoms with Crippen LogP contribution in [0.25, 0.3) is 11.3 Å². The van der Waals surface area contributed by atoms with Gasteiger partial charge >= 0.3 is 0 Å². The molecule has 0 bridgehead atoms. The Morgan fingerprint density at radius 2 is 1.82 bits per heavy atom. The van der Waals surface area contributed by atoms with Crippen molar-refractivity contribution in [3.63, 3.8) is 0 Å². The summed E-state index contributed by atoms with van der Waals surface area (Å²) in [4.78, 5) is 24.3. The van der Waals surface area contributed by atoms with Gasteiger partial charge in [0.2, 0.25) is 5.91 Å². The lowest BCUT2D eigenvalue weighted by atomic mass is 10.1. The maximum atomic E-state index is 12.2. The fourth-order valence-corrected chi connectivity index (χ4v) is 2.84. The van der Waals surface area contributed by atoms with Gasteiger partial charge in [-0.3, -0.25) is 9.59 Å². The number of anilines is 1. The molecule has 28 heavy (non-hydrogen) atoms. The Kier molecular flexibility index (Phi) is 6.22. The van der Waals surface area contributed by atoms with E-state index in [-0.39, 0.29) is 11.5 Å². The largest absolute Gasteiger partial charge is 0.497 e. The van der Waals surface area contributed by atoms with Crippen LogP contribution in [-0.4, -0.2) is 22.8 Å². The summed E-state index contributed by atoms with van der Waals surface area (Å²) in [5.41, 5.74) is 3.24. The molecular formula is C22H23N3O3. The number of hydrogen-bond acceptors (Lipinski definition) is 4. The minimum Gasteiger partial charge on any atom is -0.497 e. The minimum absolute atomic E-state index is 0.0753. The van der Waals surface area contributed by atoms with Gasteiger partial charge in [0.25, 0.3) is 5.56 Å². The lowest BCUT2D eigenvalue weighted by Crippen LogP contribution is -2.23. The van der Waals surface area contributed by atoms with Crippen molar-refractivity contribution in [2.24, 2.45) is 0 Å². The third-order valence-corrected chi connectivity index (χ3v) is 4.45. The van der Waals surface area contributed by atoms with E-state index in [1.54, 1.807) is 13.2 Å². The molecular weight excluding hydrogens is 354 g/mol. The predicted molar refractivity (Wildman–Crippen MR) is 110 cm³/mol. The summed E-state index contributed by atoms with van der Waals surface area (Å²) in [6.45, 7) is 2.33. The van der Waals surface area contributed by atoms with E-state index in [4.69, 9.17) is 4.74 Å². The van der Waals surface area contributed by atoms with Crippen LogP contribution in [0, 0.1) is 6.92 Å². The second-order valence-corrected chi connectivity index (χ2v) is 6.48. The number of aromatic nitrogens is 2. The van der Waals surface area contributed by atoms with E-state index in [1.165, 1.54) is 10.7 Å². The van der Waals surface area contributed by atoms with Crippen LogP contribution >= 0.6 is 0 Å². The van der Waals surface area contributed by atoms with Gasteiger partial charge in [-0.1, -0.05) is 18.2 Å². The second-order valence-electron chi connectivity index (χ2n) is 6.48. The zero-order valence-electron chi connectivity index (χ0n) is 16.0. The Morgan fingerprint density at radius 1 is 1.07 bits per heavy atom. The van der Waals surface area contributed by atoms with Gasteiger partial charge in [-0.2, -0.15) is 5.10 Å². The molecule has 0 aliphatic heterocycles. The number of nitrogens with zero attached hydrogens (tertiary/aromatic N) is 2. The highest BCUT2D eigenvalue weighted by Gasteiger charge is 2.07. The Morgan fingerprint density at radius 3 is 2.54 bits per heavy atom. The van der Waals surface area contributed by atoms with Crippen molar-refractivity contribution in [1.82, 2.24) is 9.78 Å². The molecule has 3 aromatic rings. The summed E-state index contributed by atoms with van der Waals surface area (Å²) >= 11 is 0. The average molecular weight is 377 g/mol. The van der Waals surface area contributed by atoms with Crippen LogP contribution in [0.4, 0.5) is 5.69 Å². The average Bonchev–Trinajstić information content (AvgIpc) is 2.71. The Labute approximate surface area is 163 Å². The fraction of sp³-hybridized carbons (Fsp3) is 0.227. The highest BCUT2D eigenvalue weighted by Crippen LogP contribution is 2.19. The predicted octanol–water partition coefficient (Wildman–Crippen LogP) is 3.65. The molecule has 0 spiro atoms. The van der Waals surface area contributed by atoms with E-state index in [0.717, 1.165) is 22.6 Å². The number of methoxy groups -OCH3 is 1. The minimum atomic E-state index is -0.184. The molecule has 0 saturated heterocycles. The van der Waals surface area contributed by atoms with E-state index < -0.39 is 0 Å². The lowest BCUT2D eigenvalue weighted by Gasteiger charge is -2.09. The quantitative estimate of drug-likeness (QED) is 0.682. The molecule has 1 N–H and O–H groups in total. The van der Waals surface area contributed by atoms with Gasteiger partial charge in [0.1, 0.15) is 5.75 Å². The maximum absolute atomic E-state index is 12.2. The molecule has 6 heteroatoms. The number of hydrogen-bond donors (Lipinski definition) is 1. The van der Waals surface area contributed by atoms with Gasteiger partial charge in [0, 0.05) is 30.3 Å². The first-order chi connectivity index (χ1) is 13.6. The Hall–Kier alpha value is -3.41. The van der Waals surface area contributed by atoms with Gasteiger partial charge in [-0.15, -0.1) is 0 Å². The number of para-hydroxylation sites is 1. The highest BCUT2D eigenvalue weighted by atomic mass is 16.5. The Balaban J connectivity index is 1.61. The number of carbonyl (C=O) groups excluding carboxylic acids is 1. The van der Waals surface area contributed by atoms with Crippen LogP contribution in [0.5, 0.6) is 5.75 Å². The summed E-state index contributed by atoms with van der Waals surface area (Å²) in [6.07, 6.45) is 0.839. The number of carbonyl (C=O) groups is 1. The fourth-order valence-electron chi connectivity index (χ4n) is 2.84. The van der Waals surface area contributed by atoms with E-state index >= 15 is 0 Å². The maximum Gasteiger partial charge on any atom is 0.266 e. The van der Waals surface area contributed by atoms with Crippen LogP contribution in [-0.2, 0) is 11.3 Å². The van der Waals surface area contributed by atoms with Crippen molar-refractivity contribution in [1.29, 1.82) is 0 Å². The first-order valence-corrected chi connectivity index (χ1v) is 9.15. The summed E-state index contributed by atoms with van der Waals surface area (Å²) in [6, 6.07) is 18.3. The highest BCUT2D eigenvalue weighted by molar-refractivity contribution is 5.91. The summed E-state index contributed by atoms with van der Waals surface area (Å²) in [5.74, 6) is 0.686. The van der Waals surface area contributed by atoms with Crippen LogP contribution in [0.1, 0.15) is 18.4 Å². The number of aryl methyl sites for hydroxylation is 2. The molecule has 6 nitrogen and oxygen atoms in total. The van der Waals surface area contributed by atoms with E-state index in [2.05, 4.69) is 10.4 Å². The summed E-state index contributed by atoms with van der Waals surface area (Å²) in [5, 5.41) is 7.33. The number of benzene rings is 2. The van der Waals surface area contributed by atoms with Crippen LogP contribution in [0.2, 0.25) is 0 Å². The molecule has 0 saturated carbocycles. The van der Waals surface area contributed by atoms with Crippen LogP contribution in [0.15, 0.2) is 65.5 Å². The molecule has 2 aromatic carbocycles. The monoisotopic (exact) mass is 377 g/mol. The molecule has 0 fully saturated rings. The number of rotatable bonds is 7. The molecule has 0 aliphatic rings. The van der Waals surface area contributed by atoms with Crippen molar-refractivity contribution in [3.8, 4) is 17.0 Å². The third kappa shape index (κ3) is 4.85. The van der Waals surface area contributed by atoms with Gasteiger partial charge in [0.05, 0.1) is 12.8 Å². The SMILES string of the molecule is COc1ccc(-c2ccc(=O)n(CCCC(=O)Nc3ccccc3C)n2)cc1. The van der Waals surface area contributed by atoms with Crippen LogP contribution in [0.3, 0.4) is 0 Å². The molecule has 0 unspecified atom stereocenters. The molecule has 1 aromatic heterocycles. The van der Waals surface area contributed by atoms with Crippen LogP contribution < -0.4 is 15.6 Å². The first kappa shape index (κ1) is 19.4. The Bertz CT molecular complexity index is 1010. The zero-order chi connectivity index (χ0) is 19.9. The molecule has 0 atom stereocenters. The molecule has 1 heterocycles. The topological polar surface area (TPSA) is 73.2 Å². The van der Waals surface area contributed by atoms with E-state index in [0.29, 0.717) is 25.1 Å². The summed E-state index contributed by atoms with van der Waals surface area (Å²) < 4.78 is 6.56. The summed E-state index contributed by atoms with van der Waals surface area (Å²) in [7, 11) is 1.61. The normalized spacial score (nSPS) is 10.5. The molecule has 1 amide bonds. The molecule has 144 valence electrons. The van der Waals surface area contributed by atoms with Crippen molar-refractivity contribution in [2.75, 3.05) is 12.4 Å². The van der Waals surface area contributed by atoms with Gasteiger partial charge in [0.15, 0.2) is 0 Å². The first-order valence-electron chi connectivity index (χ1n) is 9.15. The van der Waals surface area contributed by atoms with Crippen molar-refractivity contribution in [3.05, 3.63) is 76.6 Å². The number of amides is 1. The molecule has 0 radical (unpaired) electrons. The molecule has 3 rings (SSSR count).